The van der Waals surface area contributed by atoms with Crippen molar-refractivity contribution in [3.05, 3.63) is 88.4 Å². The van der Waals surface area contributed by atoms with Crippen LogP contribution in [0.25, 0.3) is 0 Å². The highest BCUT2D eigenvalue weighted by Crippen LogP contribution is 2.20. The predicted octanol–water partition coefficient (Wildman–Crippen LogP) is 4.25. The first kappa shape index (κ1) is 21.9. The Bertz CT molecular complexity index is 1100. The van der Waals surface area contributed by atoms with E-state index in [9.17, 15) is 13.2 Å². The molecule has 2 N–H and O–H groups in total. The van der Waals surface area contributed by atoms with Crippen molar-refractivity contribution >= 4 is 37.5 Å². The zero-order valence-corrected chi connectivity index (χ0v) is 18.7. The zero-order chi connectivity index (χ0) is 21.6. The number of carbonyl (C=O) groups excluding carboxylic acids is 1. The Balaban J connectivity index is 1.51. The predicted molar refractivity (Wildman–Crippen MR) is 120 cm³/mol. The van der Waals surface area contributed by atoms with E-state index in [0.29, 0.717) is 18.0 Å². The fraction of sp³-hybridized carbons (Fsp3) is 0.136. The van der Waals surface area contributed by atoms with Gasteiger partial charge in [-0.25, -0.2) is 8.42 Å². The van der Waals surface area contributed by atoms with Crippen LogP contribution in [-0.4, -0.2) is 20.9 Å². The van der Waals surface area contributed by atoms with Crippen LogP contribution in [0.1, 0.15) is 11.1 Å². The molecule has 0 aliphatic heterocycles. The largest absolute Gasteiger partial charge is 0.484 e. The standard InChI is InChI=1S/C22H21BrN2O4S/c1-16-2-4-17(5-3-16)14-24-22(26)15-29-20-10-12-21(13-11-20)30(27,28)25-19-8-6-18(23)7-9-19/h2-13,25H,14-15H2,1H3,(H,24,26). The van der Waals surface area contributed by atoms with E-state index in [2.05, 4.69) is 26.0 Å². The van der Waals surface area contributed by atoms with E-state index in [0.717, 1.165) is 15.6 Å². The molecule has 3 rings (SSSR count). The molecule has 156 valence electrons. The Morgan fingerprint density at radius 3 is 2.20 bits per heavy atom. The average molecular weight is 489 g/mol. The first-order valence-electron chi connectivity index (χ1n) is 9.15. The monoisotopic (exact) mass is 488 g/mol. The Labute approximate surface area is 184 Å². The normalized spacial score (nSPS) is 11.0. The Morgan fingerprint density at radius 2 is 1.57 bits per heavy atom. The van der Waals surface area contributed by atoms with Crippen LogP contribution in [0, 0.1) is 6.92 Å². The zero-order valence-electron chi connectivity index (χ0n) is 16.3. The number of nitrogens with one attached hydrogen (secondary N) is 2. The lowest BCUT2D eigenvalue weighted by Crippen LogP contribution is -2.28. The van der Waals surface area contributed by atoms with E-state index in [1.165, 1.54) is 24.3 Å². The van der Waals surface area contributed by atoms with E-state index in [-0.39, 0.29) is 17.4 Å². The van der Waals surface area contributed by atoms with Gasteiger partial charge in [-0.1, -0.05) is 45.8 Å². The maximum atomic E-state index is 12.5. The summed E-state index contributed by atoms with van der Waals surface area (Å²) in [4.78, 5) is 12.1. The van der Waals surface area contributed by atoms with Crippen LogP contribution in [0.15, 0.2) is 82.2 Å². The summed E-state index contributed by atoms with van der Waals surface area (Å²) in [5, 5.41) is 2.78. The summed E-state index contributed by atoms with van der Waals surface area (Å²) >= 11 is 3.31. The summed E-state index contributed by atoms with van der Waals surface area (Å²) in [5.74, 6) is 0.146. The molecule has 3 aromatic carbocycles. The summed E-state index contributed by atoms with van der Waals surface area (Å²) in [6, 6.07) is 20.6. The van der Waals surface area contributed by atoms with Gasteiger partial charge in [-0.15, -0.1) is 0 Å². The second kappa shape index (κ2) is 9.77. The number of hydrogen-bond acceptors (Lipinski definition) is 4. The third-order valence-electron chi connectivity index (χ3n) is 4.21. The number of aryl methyl sites for hydroxylation is 1. The minimum Gasteiger partial charge on any atom is -0.484 e. The SMILES string of the molecule is Cc1ccc(CNC(=O)COc2ccc(S(=O)(=O)Nc3ccc(Br)cc3)cc2)cc1. The highest BCUT2D eigenvalue weighted by Gasteiger charge is 2.14. The van der Waals surface area contributed by atoms with Crippen LogP contribution >= 0.6 is 15.9 Å². The number of rotatable bonds is 8. The number of halogens is 1. The molecule has 0 radical (unpaired) electrons. The Kier molecular flexibility index (Phi) is 7.12. The summed E-state index contributed by atoms with van der Waals surface area (Å²) in [6.45, 7) is 2.26. The van der Waals surface area contributed by atoms with Gasteiger partial charge in [0.2, 0.25) is 0 Å². The minimum atomic E-state index is -3.72. The average Bonchev–Trinajstić information content (AvgIpc) is 2.73. The second-order valence-electron chi connectivity index (χ2n) is 6.63. The van der Waals surface area contributed by atoms with Crippen LogP contribution < -0.4 is 14.8 Å². The molecule has 1 amide bonds. The maximum absolute atomic E-state index is 12.5. The van der Waals surface area contributed by atoms with Crippen molar-refractivity contribution in [3.8, 4) is 5.75 Å². The lowest BCUT2D eigenvalue weighted by atomic mass is 10.1. The molecule has 0 spiro atoms. The third kappa shape index (κ3) is 6.33. The molecule has 30 heavy (non-hydrogen) atoms. The lowest BCUT2D eigenvalue weighted by Gasteiger charge is -2.10. The summed E-state index contributed by atoms with van der Waals surface area (Å²) < 4.78 is 33.8. The minimum absolute atomic E-state index is 0.0987. The quantitative estimate of drug-likeness (QED) is 0.496. The van der Waals surface area contributed by atoms with Crippen molar-refractivity contribution < 1.29 is 17.9 Å². The fourth-order valence-corrected chi connectivity index (χ4v) is 3.88. The molecule has 3 aromatic rings. The van der Waals surface area contributed by atoms with E-state index >= 15 is 0 Å². The Hall–Kier alpha value is -2.84. The smallest absolute Gasteiger partial charge is 0.261 e. The second-order valence-corrected chi connectivity index (χ2v) is 9.23. The van der Waals surface area contributed by atoms with Gasteiger partial charge in [0.25, 0.3) is 15.9 Å². The fourth-order valence-electron chi connectivity index (χ4n) is 2.55. The van der Waals surface area contributed by atoms with Gasteiger partial charge >= 0.3 is 0 Å². The third-order valence-corrected chi connectivity index (χ3v) is 6.14. The van der Waals surface area contributed by atoms with Gasteiger partial charge in [0, 0.05) is 16.7 Å². The van der Waals surface area contributed by atoms with Gasteiger partial charge in [0.1, 0.15) is 5.75 Å². The highest BCUT2D eigenvalue weighted by molar-refractivity contribution is 9.10. The molecular weight excluding hydrogens is 468 g/mol. The number of benzene rings is 3. The van der Waals surface area contributed by atoms with Crippen LogP contribution in [0.2, 0.25) is 0 Å². The number of anilines is 1. The molecule has 0 atom stereocenters. The molecule has 8 heteroatoms. The number of hydrogen-bond donors (Lipinski definition) is 2. The topological polar surface area (TPSA) is 84.5 Å². The molecular formula is C22H21BrN2O4S. The molecule has 6 nitrogen and oxygen atoms in total. The molecule has 0 unspecified atom stereocenters. The molecule has 0 bridgehead atoms. The van der Waals surface area contributed by atoms with E-state index < -0.39 is 10.0 Å². The number of ether oxygens (including phenoxy) is 1. The van der Waals surface area contributed by atoms with Gasteiger partial charge in [-0.2, -0.15) is 0 Å². The molecule has 0 heterocycles. The first-order chi connectivity index (χ1) is 14.3. The molecule has 0 saturated carbocycles. The molecule has 0 aliphatic carbocycles. The van der Waals surface area contributed by atoms with E-state index in [1.54, 1.807) is 24.3 Å². The first-order valence-corrected chi connectivity index (χ1v) is 11.4. The maximum Gasteiger partial charge on any atom is 0.261 e. The molecule has 0 aromatic heterocycles. The molecule has 0 saturated heterocycles. The number of carbonyl (C=O) groups is 1. The van der Waals surface area contributed by atoms with Crippen molar-refractivity contribution in [2.24, 2.45) is 0 Å². The van der Waals surface area contributed by atoms with Crippen LogP contribution in [0.4, 0.5) is 5.69 Å². The van der Waals surface area contributed by atoms with Crippen LogP contribution in [0.5, 0.6) is 5.75 Å². The van der Waals surface area contributed by atoms with E-state index in [4.69, 9.17) is 4.74 Å². The van der Waals surface area contributed by atoms with Crippen molar-refractivity contribution in [3.63, 3.8) is 0 Å². The number of sulfonamides is 1. The molecule has 0 fully saturated rings. The van der Waals surface area contributed by atoms with Gasteiger partial charge in [-0.3, -0.25) is 9.52 Å². The summed E-state index contributed by atoms with van der Waals surface area (Å²) in [7, 11) is -3.72. The summed E-state index contributed by atoms with van der Waals surface area (Å²) in [6.07, 6.45) is 0. The Morgan fingerprint density at radius 1 is 0.933 bits per heavy atom. The van der Waals surface area contributed by atoms with Crippen LogP contribution in [0.3, 0.4) is 0 Å². The van der Waals surface area contributed by atoms with Gasteiger partial charge in [0.05, 0.1) is 4.90 Å². The van der Waals surface area contributed by atoms with Crippen LogP contribution in [-0.2, 0) is 21.4 Å². The van der Waals surface area contributed by atoms with Crippen molar-refractivity contribution in [1.29, 1.82) is 0 Å². The lowest BCUT2D eigenvalue weighted by molar-refractivity contribution is -0.123. The van der Waals surface area contributed by atoms with Crippen molar-refractivity contribution in [2.45, 2.75) is 18.4 Å². The number of amides is 1. The van der Waals surface area contributed by atoms with Crippen molar-refractivity contribution in [1.82, 2.24) is 5.32 Å². The highest BCUT2D eigenvalue weighted by atomic mass is 79.9. The van der Waals surface area contributed by atoms with Gasteiger partial charge in [-0.05, 0) is 61.0 Å². The van der Waals surface area contributed by atoms with Gasteiger partial charge < -0.3 is 10.1 Å². The van der Waals surface area contributed by atoms with Gasteiger partial charge in [0.15, 0.2) is 6.61 Å². The van der Waals surface area contributed by atoms with Crippen molar-refractivity contribution in [2.75, 3.05) is 11.3 Å². The molecule has 0 aliphatic rings. The summed E-state index contributed by atoms with van der Waals surface area (Å²) in [5.41, 5.74) is 2.62. The van der Waals surface area contributed by atoms with E-state index in [1.807, 2.05) is 31.2 Å².